The molecule has 0 bridgehead atoms. The molecule has 0 aromatic carbocycles. The highest BCUT2D eigenvalue weighted by Crippen LogP contribution is 2.02. The third-order valence-corrected chi connectivity index (χ3v) is 1.06. The molecule has 1 aliphatic rings. The second kappa shape index (κ2) is 2.12. The predicted octanol–water partition coefficient (Wildman–Crippen LogP) is 1.21. The first-order valence-corrected chi connectivity index (χ1v) is 2.64. The van der Waals surface area contributed by atoms with Gasteiger partial charge in [-0.15, -0.1) is 0 Å². The Morgan fingerprint density at radius 3 is 2.86 bits per heavy atom. The average Bonchev–Trinajstić information content (AvgIpc) is 1.69. The normalized spacial score (nSPS) is 30.7. The molecule has 0 aromatic heterocycles. The van der Waals surface area contributed by atoms with E-state index in [2.05, 4.69) is 19.1 Å². The molecule has 0 saturated carbocycles. The van der Waals surface area contributed by atoms with Crippen molar-refractivity contribution in [3.05, 3.63) is 12.2 Å². The van der Waals surface area contributed by atoms with Crippen molar-refractivity contribution in [1.82, 2.24) is 0 Å². The Labute approximate surface area is 44.0 Å². The van der Waals surface area contributed by atoms with Crippen molar-refractivity contribution in [3.63, 3.8) is 0 Å². The van der Waals surface area contributed by atoms with Gasteiger partial charge in [0.05, 0.1) is 13.2 Å². The molecule has 0 fully saturated rings. The molecule has 0 aliphatic carbocycles. The number of hydrogen-bond donors (Lipinski definition) is 0. The fraction of sp³-hybridized carbons (Fsp3) is 0.667. The zero-order valence-electron chi connectivity index (χ0n) is 4.55. The van der Waals surface area contributed by atoms with Crippen LogP contribution >= 0.6 is 0 Å². The summed E-state index contributed by atoms with van der Waals surface area (Å²) >= 11 is 0. The summed E-state index contributed by atoms with van der Waals surface area (Å²) in [6, 6.07) is 0. The van der Waals surface area contributed by atoms with E-state index >= 15 is 0 Å². The lowest BCUT2D eigenvalue weighted by atomic mass is 10.1. The van der Waals surface area contributed by atoms with E-state index in [4.69, 9.17) is 4.74 Å². The Morgan fingerprint density at radius 2 is 2.57 bits per heavy atom. The molecule has 1 atom stereocenters. The molecule has 0 amide bonds. The van der Waals surface area contributed by atoms with Gasteiger partial charge in [0.15, 0.2) is 0 Å². The molecule has 0 saturated heterocycles. The van der Waals surface area contributed by atoms with Crippen LogP contribution < -0.4 is 0 Å². The summed E-state index contributed by atoms with van der Waals surface area (Å²) in [5, 5.41) is 0. The molecule has 0 N–H and O–H groups in total. The second-order valence-electron chi connectivity index (χ2n) is 1.94. The largest absolute Gasteiger partial charge is 0.377 e. The third-order valence-electron chi connectivity index (χ3n) is 1.06. The van der Waals surface area contributed by atoms with Gasteiger partial charge in [0.1, 0.15) is 0 Å². The summed E-state index contributed by atoms with van der Waals surface area (Å²) < 4.78 is 5.09. The van der Waals surface area contributed by atoms with Crippen molar-refractivity contribution < 1.29 is 4.74 Å². The Bertz CT molecular complexity index is 76.2. The first kappa shape index (κ1) is 4.85. The first-order valence-electron chi connectivity index (χ1n) is 2.64. The van der Waals surface area contributed by atoms with Gasteiger partial charge in [-0.25, -0.2) is 0 Å². The van der Waals surface area contributed by atoms with E-state index in [1.165, 1.54) is 0 Å². The fourth-order valence-electron chi connectivity index (χ4n) is 0.665. The zero-order valence-corrected chi connectivity index (χ0v) is 4.55. The Hall–Kier alpha value is -0.300. The van der Waals surface area contributed by atoms with Gasteiger partial charge in [0, 0.05) is 0 Å². The monoisotopic (exact) mass is 98.1 g/mol. The van der Waals surface area contributed by atoms with Crippen LogP contribution in [0.5, 0.6) is 0 Å². The summed E-state index contributed by atoms with van der Waals surface area (Å²) in [4.78, 5) is 0. The summed E-state index contributed by atoms with van der Waals surface area (Å²) in [6.45, 7) is 3.86. The Balaban J connectivity index is 2.36. The standard InChI is InChI=1S/C6H10O/c1-6-3-2-4-7-5-6/h2-3,6H,4-5H2,1H3/t6-/m0/s1. The molecule has 1 nitrogen and oxygen atoms in total. The van der Waals surface area contributed by atoms with E-state index in [-0.39, 0.29) is 0 Å². The van der Waals surface area contributed by atoms with Crippen LogP contribution in [0.25, 0.3) is 0 Å². The Kier molecular flexibility index (Phi) is 1.47. The maximum Gasteiger partial charge on any atom is 0.0647 e. The van der Waals surface area contributed by atoms with Crippen LogP contribution in [0, 0.1) is 5.92 Å². The molecule has 40 valence electrons. The minimum Gasteiger partial charge on any atom is -0.377 e. The van der Waals surface area contributed by atoms with Crippen LogP contribution in [-0.2, 0) is 4.74 Å². The van der Waals surface area contributed by atoms with Crippen LogP contribution in [-0.4, -0.2) is 13.2 Å². The number of hydrogen-bond acceptors (Lipinski definition) is 1. The SMILES string of the molecule is C[C@H]1C=CCOC1. The Morgan fingerprint density at radius 1 is 1.71 bits per heavy atom. The van der Waals surface area contributed by atoms with E-state index in [9.17, 15) is 0 Å². The zero-order chi connectivity index (χ0) is 5.11. The highest BCUT2D eigenvalue weighted by molar-refractivity contribution is 4.89. The molecule has 0 aromatic rings. The summed E-state index contributed by atoms with van der Waals surface area (Å²) in [7, 11) is 0. The maximum absolute atomic E-state index is 5.09. The molecule has 7 heavy (non-hydrogen) atoms. The fourth-order valence-corrected chi connectivity index (χ4v) is 0.665. The van der Waals surface area contributed by atoms with Crippen LogP contribution in [0.15, 0.2) is 12.2 Å². The second-order valence-corrected chi connectivity index (χ2v) is 1.94. The minimum atomic E-state index is 0.633. The van der Waals surface area contributed by atoms with Crippen molar-refractivity contribution in [1.29, 1.82) is 0 Å². The van der Waals surface area contributed by atoms with Gasteiger partial charge in [-0.2, -0.15) is 0 Å². The maximum atomic E-state index is 5.09. The smallest absolute Gasteiger partial charge is 0.0647 e. The van der Waals surface area contributed by atoms with E-state index in [0.29, 0.717) is 5.92 Å². The molecule has 0 radical (unpaired) electrons. The van der Waals surface area contributed by atoms with Crippen LogP contribution in [0.1, 0.15) is 6.92 Å². The average molecular weight is 98.1 g/mol. The van der Waals surface area contributed by atoms with E-state index in [1.807, 2.05) is 0 Å². The van der Waals surface area contributed by atoms with E-state index in [1.54, 1.807) is 0 Å². The third kappa shape index (κ3) is 1.32. The van der Waals surface area contributed by atoms with Crippen molar-refractivity contribution in [2.24, 2.45) is 5.92 Å². The molecule has 1 rings (SSSR count). The molecular weight excluding hydrogens is 88.1 g/mol. The number of ether oxygens (including phenoxy) is 1. The quantitative estimate of drug-likeness (QED) is 0.414. The molecule has 0 unspecified atom stereocenters. The molecule has 0 spiro atoms. The number of rotatable bonds is 0. The van der Waals surface area contributed by atoms with Crippen molar-refractivity contribution in [2.45, 2.75) is 6.92 Å². The molecule has 1 heterocycles. The topological polar surface area (TPSA) is 9.23 Å². The summed E-state index contributed by atoms with van der Waals surface area (Å²) in [6.07, 6.45) is 4.25. The molecule has 1 heteroatoms. The van der Waals surface area contributed by atoms with Crippen LogP contribution in [0.3, 0.4) is 0 Å². The van der Waals surface area contributed by atoms with Crippen molar-refractivity contribution in [2.75, 3.05) is 13.2 Å². The van der Waals surface area contributed by atoms with Gasteiger partial charge in [-0.1, -0.05) is 19.1 Å². The van der Waals surface area contributed by atoms with Gasteiger partial charge in [-0.3, -0.25) is 0 Å². The van der Waals surface area contributed by atoms with Gasteiger partial charge in [0.2, 0.25) is 0 Å². The highest BCUT2D eigenvalue weighted by Gasteiger charge is 1.98. The minimum absolute atomic E-state index is 0.633. The van der Waals surface area contributed by atoms with Crippen molar-refractivity contribution >= 4 is 0 Å². The van der Waals surface area contributed by atoms with Gasteiger partial charge in [0.25, 0.3) is 0 Å². The molecular formula is C6H10O. The van der Waals surface area contributed by atoms with E-state index < -0.39 is 0 Å². The lowest BCUT2D eigenvalue weighted by molar-refractivity contribution is 0.131. The summed E-state index contributed by atoms with van der Waals surface area (Å²) in [5.74, 6) is 0.633. The first-order chi connectivity index (χ1) is 3.39. The van der Waals surface area contributed by atoms with Gasteiger partial charge < -0.3 is 4.74 Å². The lowest BCUT2D eigenvalue weighted by Gasteiger charge is -2.10. The van der Waals surface area contributed by atoms with Gasteiger partial charge >= 0.3 is 0 Å². The van der Waals surface area contributed by atoms with Crippen molar-refractivity contribution in [3.8, 4) is 0 Å². The predicted molar refractivity (Wildman–Crippen MR) is 29.1 cm³/mol. The highest BCUT2D eigenvalue weighted by atomic mass is 16.5. The van der Waals surface area contributed by atoms with Crippen LogP contribution in [0.2, 0.25) is 0 Å². The van der Waals surface area contributed by atoms with Gasteiger partial charge in [-0.05, 0) is 5.92 Å². The van der Waals surface area contributed by atoms with E-state index in [0.717, 1.165) is 13.2 Å². The molecule has 1 aliphatic heterocycles. The summed E-state index contributed by atoms with van der Waals surface area (Å²) in [5.41, 5.74) is 0. The lowest BCUT2D eigenvalue weighted by Crippen LogP contribution is -2.07. The van der Waals surface area contributed by atoms with Crippen LogP contribution in [0.4, 0.5) is 0 Å².